The van der Waals surface area contributed by atoms with Gasteiger partial charge >= 0.3 is 0 Å². The lowest BCUT2D eigenvalue weighted by Crippen LogP contribution is -2.34. The lowest BCUT2D eigenvalue weighted by atomic mass is 9.86. The summed E-state index contributed by atoms with van der Waals surface area (Å²) in [6.45, 7) is 10.6. The van der Waals surface area contributed by atoms with Crippen LogP contribution in [-0.4, -0.2) is 31.1 Å². The zero-order valence-corrected chi connectivity index (χ0v) is 21.7. The number of Topliss-reactive ketones (excluding diaryl/α,β-unsaturated/α-hetero) is 1. The molecule has 2 aliphatic rings. The van der Waals surface area contributed by atoms with Crippen molar-refractivity contribution >= 4 is 11.9 Å². The van der Waals surface area contributed by atoms with Gasteiger partial charge in [0.2, 0.25) is 5.78 Å². The van der Waals surface area contributed by atoms with Gasteiger partial charge in [-0.15, -0.1) is 0 Å². The molecule has 0 atom stereocenters. The van der Waals surface area contributed by atoms with E-state index in [9.17, 15) is 4.79 Å². The number of methoxy groups -OCH3 is 1. The van der Waals surface area contributed by atoms with Crippen molar-refractivity contribution in [3.8, 4) is 17.2 Å². The third kappa shape index (κ3) is 4.76. The predicted octanol–water partition coefficient (Wildman–Crippen LogP) is 6.31. The van der Waals surface area contributed by atoms with Crippen LogP contribution in [0.5, 0.6) is 17.2 Å². The van der Waals surface area contributed by atoms with E-state index < -0.39 is 0 Å². The summed E-state index contributed by atoms with van der Waals surface area (Å²) in [5, 5.41) is 0. The molecule has 3 aromatic carbocycles. The van der Waals surface area contributed by atoms with Crippen molar-refractivity contribution < 1.29 is 19.0 Å². The van der Waals surface area contributed by atoms with Gasteiger partial charge in [0.1, 0.15) is 24.0 Å². The maximum atomic E-state index is 13.3. The Balaban J connectivity index is 1.31. The third-order valence-corrected chi connectivity index (χ3v) is 6.95. The molecule has 0 fully saturated rings. The molecule has 5 rings (SSSR count). The van der Waals surface area contributed by atoms with Gasteiger partial charge in [-0.25, -0.2) is 0 Å². The number of ketones is 1. The number of hydrogen-bond acceptors (Lipinski definition) is 5. The van der Waals surface area contributed by atoms with Gasteiger partial charge in [-0.3, -0.25) is 9.69 Å². The van der Waals surface area contributed by atoms with E-state index >= 15 is 0 Å². The molecule has 0 unspecified atom stereocenters. The van der Waals surface area contributed by atoms with Crippen LogP contribution in [0.2, 0.25) is 0 Å². The van der Waals surface area contributed by atoms with Gasteiger partial charge in [0.15, 0.2) is 5.76 Å². The van der Waals surface area contributed by atoms with Crippen LogP contribution in [0.4, 0.5) is 0 Å². The molecular weight excluding hydrogens is 450 g/mol. The van der Waals surface area contributed by atoms with Gasteiger partial charge in [-0.05, 0) is 59.7 Å². The topological polar surface area (TPSA) is 48.0 Å². The molecule has 3 aromatic rings. The molecule has 0 radical (unpaired) electrons. The van der Waals surface area contributed by atoms with E-state index in [1.54, 1.807) is 7.11 Å². The van der Waals surface area contributed by atoms with E-state index in [2.05, 4.69) is 49.9 Å². The van der Waals surface area contributed by atoms with Gasteiger partial charge < -0.3 is 14.2 Å². The lowest BCUT2D eigenvalue weighted by Gasteiger charge is -2.30. The summed E-state index contributed by atoms with van der Waals surface area (Å²) in [6.07, 6.45) is 2.74. The van der Waals surface area contributed by atoms with Gasteiger partial charge in [-0.2, -0.15) is 0 Å². The summed E-state index contributed by atoms with van der Waals surface area (Å²) >= 11 is 0. The largest absolute Gasteiger partial charge is 0.497 e. The first-order chi connectivity index (χ1) is 17.2. The first-order valence-electron chi connectivity index (χ1n) is 12.4. The predicted molar refractivity (Wildman–Crippen MR) is 142 cm³/mol. The molecule has 0 N–H and O–H groups in total. The van der Waals surface area contributed by atoms with Crippen LogP contribution in [0.25, 0.3) is 6.08 Å². The number of benzene rings is 3. The first-order valence-corrected chi connectivity index (χ1v) is 12.4. The zero-order chi connectivity index (χ0) is 25.4. The Labute approximate surface area is 213 Å². The maximum Gasteiger partial charge on any atom is 0.231 e. The second kappa shape index (κ2) is 9.47. The zero-order valence-electron chi connectivity index (χ0n) is 21.7. The smallest absolute Gasteiger partial charge is 0.231 e. The third-order valence-electron chi connectivity index (χ3n) is 6.95. The van der Waals surface area contributed by atoms with Crippen LogP contribution < -0.4 is 14.2 Å². The molecule has 186 valence electrons. The van der Waals surface area contributed by atoms with E-state index in [1.165, 1.54) is 11.1 Å². The fourth-order valence-electron chi connectivity index (χ4n) is 4.75. The fraction of sp³-hybridized carbons (Fsp3) is 0.323. The Bertz CT molecular complexity index is 1310. The molecule has 0 aromatic heterocycles. The summed E-state index contributed by atoms with van der Waals surface area (Å²) in [6, 6.07) is 18.4. The molecule has 0 bridgehead atoms. The van der Waals surface area contributed by atoms with Crippen LogP contribution in [0.15, 0.2) is 60.4 Å². The fourth-order valence-corrected chi connectivity index (χ4v) is 4.75. The number of fused-ring (bicyclic) bond motifs is 2. The molecule has 0 saturated carbocycles. The monoisotopic (exact) mass is 483 g/mol. The second-order valence-corrected chi connectivity index (χ2v) is 10.6. The molecule has 5 nitrogen and oxygen atoms in total. The van der Waals surface area contributed by atoms with Crippen molar-refractivity contribution in [1.82, 2.24) is 4.90 Å². The molecule has 0 spiro atoms. The molecule has 0 saturated heterocycles. The highest BCUT2D eigenvalue weighted by Gasteiger charge is 2.33. The van der Waals surface area contributed by atoms with Crippen molar-refractivity contribution in [3.05, 3.63) is 93.7 Å². The number of nitrogens with zero attached hydrogens (tertiary/aromatic N) is 1. The molecular formula is C31H33NO4. The summed E-state index contributed by atoms with van der Waals surface area (Å²) in [5.74, 6) is 2.59. The minimum atomic E-state index is -0.0776. The standard InChI is InChI=1S/C31H33NO4/c1-20-29-23(18-32(19-35-29)15-14-21-8-12-25(34-5)13-9-21)17-26-28(33)27(36-30(20)26)16-22-6-10-24(11-7-22)31(2,3)4/h6-13,16-17H,14-15,18-19H2,1-5H3/b27-16-. The van der Waals surface area contributed by atoms with E-state index in [1.807, 2.05) is 43.3 Å². The molecule has 2 aliphatic heterocycles. The van der Waals surface area contributed by atoms with Crippen LogP contribution in [0.1, 0.15) is 58.9 Å². The summed E-state index contributed by atoms with van der Waals surface area (Å²) in [5.41, 5.74) is 6.06. The van der Waals surface area contributed by atoms with Crippen LogP contribution in [0.3, 0.4) is 0 Å². The van der Waals surface area contributed by atoms with Gasteiger partial charge in [0, 0.05) is 24.2 Å². The van der Waals surface area contributed by atoms with Gasteiger partial charge in [0.05, 0.1) is 12.7 Å². The van der Waals surface area contributed by atoms with Crippen LogP contribution >= 0.6 is 0 Å². The minimum absolute atomic E-state index is 0.0776. The summed E-state index contributed by atoms with van der Waals surface area (Å²) in [4.78, 5) is 15.5. The normalized spacial score (nSPS) is 16.4. The lowest BCUT2D eigenvalue weighted by molar-refractivity contribution is 0.0954. The van der Waals surface area contributed by atoms with E-state index in [0.29, 0.717) is 23.8 Å². The quantitative estimate of drug-likeness (QED) is 0.398. The molecule has 0 amide bonds. The number of carbonyl (C=O) groups excluding carboxylic acids is 1. The van der Waals surface area contributed by atoms with Crippen LogP contribution in [-0.2, 0) is 18.4 Å². The summed E-state index contributed by atoms with van der Waals surface area (Å²) < 4.78 is 17.5. The molecule has 36 heavy (non-hydrogen) atoms. The minimum Gasteiger partial charge on any atom is -0.497 e. The average molecular weight is 484 g/mol. The number of allylic oxidation sites excluding steroid dienone is 1. The van der Waals surface area contributed by atoms with Crippen molar-refractivity contribution in [1.29, 1.82) is 0 Å². The molecule has 5 heteroatoms. The van der Waals surface area contributed by atoms with E-state index in [-0.39, 0.29) is 11.2 Å². The number of hydrogen-bond donors (Lipinski definition) is 0. The molecule has 2 heterocycles. The van der Waals surface area contributed by atoms with Crippen molar-refractivity contribution in [2.24, 2.45) is 0 Å². The number of carbonyl (C=O) groups is 1. The van der Waals surface area contributed by atoms with Crippen molar-refractivity contribution in [2.45, 2.75) is 46.1 Å². The van der Waals surface area contributed by atoms with Gasteiger partial charge in [0.25, 0.3) is 0 Å². The Hall–Kier alpha value is -3.57. The van der Waals surface area contributed by atoms with Crippen LogP contribution in [0, 0.1) is 6.92 Å². The average Bonchev–Trinajstić information content (AvgIpc) is 3.18. The summed E-state index contributed by atoms with van der Waals surface area (Å²) in [7, 11) is 1.68. The Morgan fingerprint density at radius 1 is 1.03 bits per heavy atom. The van der Waals surface area contributed by atoms with Crippen molar-refractivity contribution in [3.63, 3.8) is 0 Å². The second-order valence-electron chi connectivity index (χ2n) is 10.6. The van der Waals surface area contributed by atoms with E-state index in [0.717, 1.165) is 47.7 Å². The first kappa shape index (κ1) is 24.1. The highest BCUT2D eigenvalue weighted by molar-refractivity contribution is 6.15. The van der Waals surface area contributed by atoms with Gasteiger partial charge in [-0.1, -0.05) is 57.2 Å². The number of rotatable bonds is 5. The van der Waals surface area contributed by atoms with Crippen molar-refractivity contribution in [2.75, 3.05) is 20.4 Å². The maximum absolute atomic E-state index is 13.3. The Kier molecular flexibility index (Phi) is 6.35. The highest BCUT2D eigenvalue weighted by Crippen LogP contribution is 2.43. The molecule has 0 aliphatic carbocycles. The highest BCUT2D eigenvalue weighted by atomic mass is 16.5. The Morgan fingerprint density at radius 2 is 1.75 bits per heavy atom. The SMILES string of the molecule is COc1ccc(CCN2COc3c(cc4c(c3C)O/C(=C\c3ccc(C(C)(C)C)cc3)C4=O)C2)cc1. The number of ether oxygens (including phenoxy) is 3. The van der Waals surface area contributed by atoms with E-state index in [4.69, 9.17) is 14.2 Å². The Morgan fingerprint density at radius 3 is 2.42 bits per heavy atom.